The molecule has 6 nitrogen and oxygen atoms in total. The molecule has 2 aliphatic rings. The van der Waals surface area contributed by atoms with E-state index in [0.717, 1.165) is 12.3 Å². The van der Waals surface area contributed by atoms with Crippen molar-refractivity contribution in [2.24, 2.45) is 17.8 Å². The van der Waals surface area contributed by atoms with Crippen molar-refractivity contribution in [1.29, 1.82) is 0 Å². The number of amides is 1. The lowest BCUT2D eigenvalue weighted by Gasteiger charge is -2.21. The predicted octanol–water partition coefficient (Wildman–Crippen LogP) is 3.26. The Morgan fingerprint density at radius 1 is 1.08 bits per heavy atom. The van der Waals surface area contributed by atoms with Gasteiger partial charge >= 0.3 is 5.97 Å². The average molecular weight is 347 g/mol. The van der Waals surface area contributed by atoms with Crippen LogP contribution in [-0.2, 0) is 9.53 Å². The van der Waals surface area contributed by atoms with Crippen LogP contribution in [0.4, 0.5) is 5.69 Å². The van der Waals surface area contributed by atoms with Gasteiger partial charge in [0.1, 0.15) is 0 Å². The maximum Gasteiger partial charge on any atom is 0.340 e. The summed E-state index contributed by atoms with van der Waals surface area (Å²) in [5, 5.41) is 2.86. The number of hydrogen-bond acceptors (Lipinski definition) is 5. The van der Waals surface area contributed by atoms with E-state index in [1.54, 1.807) is 6.07 Å². The monoisotopic (exact) mass is 347 g/mol. The molecule has 2 fully saturated rings. The van der Waals surface area contributed by atoms with E-state index in [-0.39, 0.29) is 11.5 Å². The Hall–Kier alpha value is -2.24. The fourth-order valence-corrected chi connectivity index (χ4v) is 4.33. The van der Waals surface area contributed by atoms with Crippen LogP contribution in [0.3, 0.4) is 0 Å². The second kappa shape index (κ2) is 7.33. The summed E-state index contributed by atoms with van der Waals surface area (Å²) in [4.78, 5) is 24.6. The first kappa shape index (κ1) is 17.6. The lowest BCUT2D eigenvalue weighted by Crippen LogP contribution is -2.21. The summed E-state index contributed by atoms with van der Waals surface area (Å²) in [6, 6.07) is 3.13. The van der Waals surface area contributed by atoms with Crippen molar-refractivity contribution in [3.05, 3.63) is 17.7 Å². The highest BCUT2D eigenvalue weighted by Crippen LogP contribution is 2.49. The van der Waals surface area contributed by atoms with E-state index in [0.29, 0.717) is 35.4 Å². The molecule has 2 bridgehead atoms. The molecule has 1 N–H and O–H groups in total. The maximum absolute atomic E-state index is 12.5. The van der Waals surface area contributed by atoms with E-state index >= 15 is 0 Å². The van der Waals surface area contributed by atoms with Crippen LogP contribution in [0.1, 0.15) is 42.5 Å². The number of carbonyl (C=O) groups is 2. The van der Waals surface area contributed by atoms with Gasteiger partial charge in [0.25, 0.3) is 0 Å². The highest BCUT2D eigenvalue weighted by Gasteiger charge is 2.40. The fraction of sp³-hybridized carbons (Fsp3) is 0.579. The molecule has 0 saturated heterocycles. The number of fused-ring (bicyclic) bond motifs is 2. The number of methoxy groups -OCH3 is 3. The normalized spacial score (nSPS) is 24.0. The maximum atomic E-state index is 12.5. The van der Waals surface area contributed by atoms with Crippen molar-refractivity contribution in [2.45, 2.75) is 32.1 Å². The molecule has 2 aliphatic carbocycles. The van der Waals surface area contributed by atoms with Crippen molar-refractivity contribution in [3.63, 3.8) is 0 Å². The van der Waals surface area contributed by atoms with Gasteiger partial charge in [-0.2, -0.15) is 0 Å². The molecule has 1 aromatic rings. The van der Waals surface area contributed by atoms with Gasteiger partial charge in [0.2, 0.25) is 5.91 Å². The van der Waals surface area contributed by atoms with Crippen LogP contribution in [0.2, 0.25) is 0 Å². The van der Waals surface area contributed by atoms with Gasteiger partial charge < -0.3 is 19.5 Å². The first-order valence-corrected chi connectivity index (χ1v) is 8.69. The van der Waals surface area contributed by atoms with Crippen molar-refractivity contribution in [1.82, 2.24) is 0 Å². The SMILES string of the molecule is COC(=O)c1cc(OC)c(OC)cc1NC(=O)C[C@H]1C[C@H]2CC[C@H]1C2. The third kappa shape index (κ3) is 3.57. The summed E-state index contributed by atoms with van der Waals surface area (Å²) in [6.45, 7) is 0. The second-order valence-corrected chi connectivity index (χ2v) is 6.93. The number of anilines is 1. The molecule has 0 unspecified atom stereocenters. The van der Waals surface area contributed by atoms with Crippen molar-refractivity contribution < 1.29 is 23.8 Å². The standard InChI is InChI=1S/C19H25NO5/c1-23-16-9-14(19(22)25-3)15(10-17(16)24-2)20-18(21)8-13-7-11-4-5-12(13)6-11/h9-13H,4-8H2,1-3H3,(H,20,21)/t11-,12-,13+/m0/s1. The molecular weight excluding hydrogens is 322 g/mol. The lowest BCUT2D eigenvalue weighted by molar-refractivity contribution is -0.117. The van der Waals surface area contributed by atoms with Gasteiger partial charge in [0.15, 0.2) is 11.5 Å². The zero-order valence-corrected chi connectivity index (χ0v) is 15.0. The molecule has 0 aliphatic heterocycles. The number of rotatable bonds is 6. The summed E-state index contributed by atoms with van der Waals surface area (Å²) >= 11 is 0. The van der Waals surface area contributed by atoms with Gasteiger partial charge in [-0.25, -0.2) is 4.79 Å². The van der Waals surface area contributed by atoms with E-state index in [2.05, 4.69) is 5.32 Å². The molecule has 0 aromatic heterocycles. The van der Waals surface area contributed by atoms with Crippen LogP contribution in [0.25, 0.3) is 0 Å². The van der Waals surface area contributed by atoms with E-state index < -0.39 is 5.97 Å². The molecule has 136 valence electrons. The summed E-state index contributed by atoms with van der Waals surface area (Å²) in [7, 11) is 4.31. The van der Waals surface area contributed by atoms with Gasteiger partial charge in [0, 0.05) is 18.6 Å². The molecule has 3 rings (SSSR count). The smallest absolute Gasteiger partial charge is 0.340 e. The van der Waals surface area contributed by atoms with Crippen molar-refractivity contribution in [2.75, 3.05) is 26.6 Å². The number of benzene rings is 1. The van der Waals surface area contributed by atoms with E-state index in [9.17, 15) is 9.59 Å². The summed E-state index contributed by atoms with van der Waals surface area (Å²) in [5.74, 6) is 2.20. The van der Waals surface area contributed by atoms with Crippen LogP contribution in [-0.4, -0.2) is 33.2 Å². The lowest BCUT2D eigenvalue weighted by atomic mass is 9.86. The third-order valence-corrected chi connectivity index (χ3v) is 5.54. The number of ether oxygens (including phenoxy) is 3. The Kier molecular flexibility index (Phi) is 5.16. The Bertz CT molecular complexity index is 672. The quantitative estimate of drug-likeness (QED) is 0.800. The Labute approximate surface area is 147 Å². The number of carbonyl (C=O) groups excluding carboxylic acids is 2. The van der Waals surface area contributed by atoms with Crippen LogP contribution in [0.5, 0.6) is 11.5 Å². The van der Waals surface area contributed by atoms with Crippen LogP contribution in [0.15, 0.2) is 12.1 Å². The van der Waals surface area contributed by atoms with Gasteiger partial charge in [0.05, 0.1) is 32.6 Å². The molecule has 0 spiro atoms. The van der Waals surface area contributed by atoms with Gasteiger partial charge in [-0.3, -0.25) is 4.79 Å². The van der Waals surface area contributed by atoms with Gasteiger partial charge in [-0.05, 0) is 37.0 Å². The zero-order valence-electron chi connectivity index (χ0n) is 15.0. The predicted molar refractivity (Wildman–Crippen MR) is 93.1 cm³/mol. The van der Waals surface area contributed by atoms with Gasteiger partial charge in [-0.1, -0.05) is 6.42 Å². The number of esters is 1. The fourth-order valence-electron chi connectivity index (χ4n) is 4.33. The summed E-state index contributed by atoms with van der Waals surface area (Å²) in [6.07, 6.45) is 5.46. The molecule has 25 heavy (non-hydrogen) atoms. The summed E-state index contributed by atoms with van der Waals surface area (Å²) < 4.78 is 15.3. The van der Waals surface area contributed by atoms with Crippen LogP contribution < -0.4 is 14.8 Å². The van der Waals surface area contributed by atoms with E-state index in [1.165, 1.54) is 46.7 Å². The van der Waals surface area contributed by atoms with Crippen LogP contribution >= 0.6 is 0 Å². The Balaban J connectivity index is 1.77. The molecule has 2 saturated carbocycles. The minimum absolute atomic E-state index is 0.0741. The molecule has 1 amide bonds. The topological polar surface area (TPSA) is 73.9 Å². The van der Waals surface area contributed by atoms with E-state index in [1.807, 2.05) is 0 Å². The minimum atomic E-state index is -0.531. The second-order valence-electron chi connectivity index (χ2n) is 6.93. The third-order valence-electron chi connectivity index (χ3n) is 5.54. The Morgan fingerprint density at radius 2 is 1.80 bits per heavy atom. The highest BCUT2D eigenvalue weighted by atomic mass is 16.5. The highest BCUT2D eigenvalue weighted by molar-refractivity contribution is 6.02. The minimum Gasteiger partial charge on any atom is -0.493 e. The molecule has 0 radical (unpaired) electrons. The molecule has 3 atom stereocenters. The first-order chi connectivity index (χ1) is 12.0. The van der Waals surface area contributed by atoms with E-state index in [4.69, 9.17) is 14.2 Å². The largest absolute Gasteiger partial charge is 0.493 e. The number of nitrogens with one attached hydrogen (secondary N) is 1. The first-order valence-electron chi connectivity index (χ1n) is 8.69. The molecule has 1 aromatic carbocycles. The Morgan fingerprint density at radius 3 is 2.36 bits per heavy atom. The van der Waals surface area contributed by atoms with Gasteiger partial charge in [-0.15, -0.1) is 0 Å². The van der Waals surface area contributed by atoms with Crippen molar-refractivity contribution in [3.8, 4) is 11.5 Å². The average Bonchev–Trinajstić information content (AvgIpc) is 3.23. The zero-order chi connectivity index (χ0) is 18.0. The molecule has 0 heterocycles. The number of hydrogen-bond donors (Lipinski definition) is 1. The molecular formula is C19H25NO5. The molecule has 6 heteroatoms. The summed E-state index contributed by atoms with van der Waals surface area (Å²) in [5.41, 5.74) is 0.638. The van der Waals surface area contributed by atoms with Crippen LogP contribution in [0, 0.1) is 17.8 Å². The van der Waals surface area contributed by atoms with Crippen molar-refractivity contribution >= 4 is 17.6 Å².